The van der Waals surface area contributed by atoms with Gasteiger partial charge in [-0.15, -0.1) is 0 Å². The van der Waals surface area contributed by atoms with Crippen molar-refractivity contribution >= 4 is 17.5 Å². The highest BCUT2D eigenvalue weighted by Crippen LogP contribution is 2.15. The molecular weight excluding hydrogens is 354 g/mol. The molecule has 3 rings (SSSR count). The number of nitrogens with zero attached hydrogens (tertiary/aromatic N) is 2. The van der Waals surface area contributed by atoms with Crippen molar-refractivity contribution in [2.75, 3.05) is 24.6 Å². The Labute approximate surface area is 165 Å². The third kappa shape index (κ3) is 5.63. The van der Waals surface area contributed by atoms with E-state index in [1.165, 1.54) is 0 Å². The van der Waals surface area contributed by atoms with E-state index in [1.807, 2.05) is 31.2 Å². The summed E-state index contributed by atoms with van der Waals surface area (Å²) >= 11 is 0. The second kappa shape index (κ2) is 9.46. The predicted octanol–water partition coefficient (Wildman–Crippen LogP) is 2.89. The van der Waals surface area contributed by atoms with Gasteiger partial charge in [0.25, 0.3) is 0 Å². The first kappa shape index (κ1) is 20.0. The zero-order chi connectivity index (χ0) is 19.9. The number of nitrogens with one attached hydrogen (secondary N) is 1. The molecule has 0 radical (unpaired) electrons. The van der Waals surface area contributed by atoms with E-state index in [-0.39, 0.29) is 30.6 Å². The predicted molar refractivity (Wildman–Crippen MR) is 108 cm³/mol. The minimum atomic E-state index is -0.133. The molecule has 6 nitrogen and oxygen atoms in total. The van der Waals surface area contributed by atoms with Crippen molar-refractivity contribution in [1.82, 2.24) is 10.3 Å². The van der Waals surface area contributed by atoms with Crippen LogP contribution >= 0.6 is 0 Å². The monoisotopic (exact) mass is 381 g/mol. The molecule has 1 amide bonds. The van der Waals surface area contributed by atoms with Gasteiger partial charge in [-0.1, -0.05) is 35.9 Å². The number of hydrogen-bond donors (Lipinski definition) is 1. The Bertz CT molecular complexity index is 803. The van der Waals surface area contributed by atoms with Crippen LogP contribution in [-0.2, 0) is 16.1 Å². The fourth-order valence-electron chi connectivity index (χ4n) is 3.13. The summed E-state index contributed by atoms with van der Waals surface area (Å²) < 4.78 is 5.55. The molecule has 1 aromatic carbocycles. The summed E-state index contributed by atoms with van der Waals surface area (Å²) in [6.45, 7) is 6.82. The van der Waals surface area contributed by atoms with Gasteiger partial charge in [0.05, 0.1) is 12.7 Å². The number of Topliss-reactive ketones (excluding diaryl/α,β-unsaturated/α-hetero) is 1. The molecule has 0 spiro atoms. The molecule has 1 saturated heterocycles. The van der Waals surface area contributed by atoms with Crippen LogP contribution in [0.15, 0.2) is 42.6 Å². The summed E-state index contributed by atoms with van der Waals surface area (Å²) in [7, 11) is 0. The van der Waals surface area contributed by atoms with E-state index in [1.54, 1.807) is 18.3 Å². The number of ketones is 1. The lowest BCUT2D eigenvalue weighted by Crippen LogP contribution is -2.41. The van der Waals surface area contributed by atoms with Crippen LogP contribution in [0, 0.1) is 6.92 Å². The fraction of sp³-hybridized carbons (Fsp3) is 0.409. The van der Waals surface area contributed by atoms with Crippen LogP contribution in [0.5, 0.6) is 0 Å². The second-order valence-corrected chi connectivity index (χ2v) is 7.22. The Morgan fingerprint density at radius 3 is 2.64 bits per heavy atom. The molecule has 1 N–H and O–H groups in total. The highest BCUT2D eigenvalue weighted by molar-refractivity contribution is 5.97. The van der Waals surface area contributed by atoms with E-state index in [9.17, 15) is 9.59 Å². The van der Waals surface area contributed by atoms with Crippen molar-refractivity contribution in [2.24, 2.45) is 0 Å². The van der Waals surface area contributed by atoms with Crippen molar-refractivity contribution in [1.29, 1.82) is 0 Å². The molecule has 1 unspecified atom stereocenters. The molecule has 0 saturated carbocycles. The van der Waals surface area contributed by atoms with Crippen LogP contribution in [-0.4, -0.2) is 42.5 Å². The van der Waals surface area contributed by atoms with Crippen molar-refractivity contribution < 1.29 is 14.3 Å². The van der Waals surface area contributed by atoms with E-state index in [2.05, 4.69) is 22.1 Å². The molecule has 1 atom stereocenters. The van der Waals surface area contributed by atoms with Gasteiger partial charge < -0.3 is 15.0 Å². The summed E-state index contributed by atoms with van der Waals surface area (Å²) in [6, 6.07) is 11.4. The van der Waals surface area contributed by atoms with Gasteiger partial charge in [-0.25, -0.2) is 4.98 Å². The number of morpholine rings is 1. The summed E-state index contributed by atoms with van der Waals surface area (Å²) in [4.78, 5) is 30.9. The first-order valence-corrected chi connectivity index (χ1v) is 9.69. The Kier molecular flexibility index (Phi) is 6.76. The summed E-state index contributed by atoms with van der Waals surface area (Å²) in [5, 5.41) is 2.86. The third-order valence-electron chi connectivity index (χ3n) is 4.82. The van der Waals surface area contributed by atoms with Gasteiger partial charge >= 0.3 is 0 Å². The third-order valence-corrected chi connectivity index (χ3v) is 4.82. The molecule has 1 fully saturated rings. The molecule has 1 aliphatic rings. The number of pyridine rings is 1. The smallest absolute Gasteiger partial charge is 0.220 e. The van der Waals surface area contributed by atoms with Gasteiger partial charge in [-0.05, 0) is 25.5 Å². The van der Waals surface area contributed by atoms with E-state index in [0.29, 0.717) is 18.7 Å². The molecule has 1 aromatic heterocycles. The number of hydrogen-bond acceptors (Lipinski definition) is 5. The normalized spacial score (nSPS) is 16.6. The first-order chi connectivity index (χ1) is 13.5. The van der Waals surface area contributed by atoms with Crippen molar-refractivity contribution in [3.8, 4) is 0 Å². The highest BCUT2D eigenvalue weighted by atomic mass is 16.5. The number of rotatable bonds is 7. The standard InChI is InChI=1S/C22H27N3O3/c1-16-3-6-19(7-4-16)20(26)8-10-22(27)24-14-18-5-9-21(23-13-18)25-11-12-28-17(2)15-25/h3-7,9,13,17H,8,10-12,14-15H2,1-2H3,(H,24,27). The molecule has 0 bridgehead atoms. The number of carbonyl (C=O) groups is 2. The lowest BCUT2D eigenvalue weighted by Gasteiger charge is -2.32. The average Bonchev–Trinajstić information content (AvgIpc) is 2.71. The van der Waals surface area contributed by atoms with Crippen LogP contribution in [0.3, 0.4) is 0 Å². The lowest BCUT2D eigenvalue weighted by molar-refractivity contribution is -0.121. The molecule has 2 heterocycles. The topological polar surface area (TPSA) is 71.5 Å². The number of aromatic nitrogens is 1. The van der Waals surface area contributed by atoms with E-state index >= 15 is 0 Å². The zero-order valence-electron chi connectivity index (χ0n) is 16.5. The average molecular weight is 381 g/mol. The number of carbonyl (C=O) groups excluding carboxylic acids is 2. The summed E-state index contributed by atoms with van der Waals surface area (Å²) in [5.74, 6) is 0.779. The SMILES string of the molecule is Cc1ccc(C(=O)CCC(=O)NCc2ccc(N3CCOC(C)C3)nc2)cc1. The number of anilines is 1. The van der Waals surface area contributed by atoms with Gasteiger partial charge in [-0.3, -0.25) is 9.59 Å². The lowest BCUT2D eigenvalue weighted by atomic mass is 10.0. The minimum Gasteiger partial charge on any atom is -0.375 e. The van der Waals surface area contributed by atoms with Crippen LogP contribution in [0.4, 0.5) is 5.82 Å². The summed E-state index contributed by atoms with van der Waals surface area (Å²) in [5.41, 5.74) is 2.69. The van der Waals surface area contributed by atoms with Crippen LogP contribution in [0.1, 0.15) is 41.3 Å². The van der Waals surface area contributed by atoms with Crippen molar-refractivity contribution in [3.05, 3.63) is 59.3 Å². The highest BCUT2D eigenvalue weighted by Gasteiger charge is 2.17. The van der Waals surface area contributed by atoms with E-state index in [4.69, 9.17) is 4.74 Å². The number of benzene rings is 1. The quantitative estimate of drug-likeness (QED) is 0.747. The van der Waals surface area contributed by atoms with E-state index < -0.39 is 0 Å². The summed E-state index contributed by atoms with van der Waals surface area (Å²) in [6.07, 6.45) is 2.38. The Balaban J connectivity index is 1.42. The van der Waals surface area contributed by atoms with Crippen molar-refractivity contribution in [3.63, 3.8) is 0 Å². The van der Waals surface area contributed by atoms with Gasteiger partial charge in [0.2, 0.25) is 5.91 Å². The van der Waals surface area contributed by atoms with Crippen LogP contribution in [0.2, 0.25) is 0 Å². The maximum absolute atomic E-state index is 12.1. The Morgan fingerprint density at radius 1 is 1.18 bits per heavy atom. The van der Waals surface area contributed by atoms with Crippen molar-refractivity contribution in [2.45, 2.75) is 39.3 Å². The maximum Gasteiger partial charge on any atom is 0.220 e. The molecule has 1 aliphatic heterocycles. The van der Waals surface area contributed by atoms with Gasteiger partial charge in [0.15, 0.2) is 5.78 Å². The van der Waals surface area contributed by atoms with Crippen LogP contribution in [0.25, 0.3) is 0 Å². The molecular formula is C22H27N3O3. The minimum absolute atomic E-state index is 0.0130. The zero-order valence-corrected chi connectivity index (χ0v) is 16.5. The number of ether oxygens (including phenoxy) is 1. The largest absolute Gasteiger partial charge is 0.375 e. The first-order valence-electron chi connectivity index (χ1n) is 9.69. The Hall–Kier alpha value is -2.73. The molecule has 6 heteroatoms. The molecule has 2 aromatic rings. The molecule has 148 valence electrons. The number of aryl methyl sites for hydroxylation is 1. The van der Waals surface area contributed by atoms with Gasteiger partial charge in [0, 0.05) is 44.2 Å². The van der Waals surface area contributed by atoms with Gasteiger partial charge in [-0.2, -0.15) is 0 Å². The van der Waals surface area contributed by atoms with E-state index in [0.717, 1.165) is 30.0 Å². The van der Waals surface area contributed by atoms with Crippen LogP contribution < -0.4 is 10.2 Å². The molecule has 28 heavy (non-hydrogen) atoms. The second-order valence-electron chi connectivity index (χ2n) is 7.22. The Morgan fingerprint density at radius 2 is 1.96 bits per heavy atom. The maximum atomic E-state index is 12.1. The van der Waals surface area contributed by atoms with Gasteiger partial charge in [0.1, 0.15) is 5.82 Å². The fourth-order valence-corrected chi connectivity index (χ4v) is 3.13. The molecule has 0 aliphatic carbocycles. The number of amides is 1.